The molecule has 0 atom stereocenters. The van der Waals surface area contributed by atoms with Gasteiger partial charge in [0.1, 0.15) is 5.82 Å². The van der Waals surface area contributed by atoms with Crippen molar-refractivity contribution in [2.24, 2.45) is 0 Å². The standard InChI is InChI=1S/C20H21BrN2/c1-20(2,3)17-9-7-16(8-10-17)19-22-11-12-23(19)14-15-5-4-6-18(21)13-15/h4-13H,14H2,1-3H3. The Labute approximate surface area is 146 Å². The van der Waals surface area contributed by atoms with Gasteiger partial charge >= 0.3 is 0 Å². The largest absolute Gasteiger partial charge is 0.327 e. The first-order valence-corrected chi connectivity index (χ1v) is 8.59. The summed E-state index contributed by atoms with van der Waals surface area (Å²) in [6.07, 6.45) is 3.90. The maximum absolute atomic E-state index is 4.55. The molecule has 0 amide bonds. The van der Waals surface area contributed by atoms with E-state index in [0.717, 1.165) is 22.4 Å². The van der Waals surface area contributed by atoms with E-state index in [1.807, 2.05) is 18.5 Å². The highest BCUT2D eigenvalue weighted by Gasteiger charge is 2.14. The number of rotatable bonds is 3. The third kappa shape index (κ3) is 3.73. The predicted molar refractivity (Wildman–Crippen MR) is 99.6 cm³/mol. The van der Waals surface area contributed by atoms with E-state index in [2.05, 4.69) is 88.7 Å². The second-order valence-electron chi connectivity index (χ2n) is 6.84. The van der Waals surface area contributed by atoms with E-state index < -0.39 is 0 Å². The summed E-state index contributed by atoms with van der Waals surface area (Å²) in [6.45, 7) is 7.51. The molecule has 0 aliphatic rings. The van der Waals surface area contributed by atoms with Crippen LogP contribution in [0, 0.1) is 0 Å². The maximum Gasteiger partial charge on any atom is 0.140 e. The Morgan fingerprint density at radius 1 is 1.04 bits per heavy atom. The molecule has 0 radical (unpaired) electrons. The van der Waals surface area contributed by atoms with Crippen LogP contribution in [0.5, 0.6) is 0 Å². The lowest BCUT2D eigenvalue weighted by Crippen LogP contribution is -2.10. The highest BCUT2D eigenvalue weighted by Crippen LogP contribution is 2.26. The Morgan fingerprint density at radius 3 is 2.43 bits per heavy atom. The number of aromatic nitrogens is 2. The van der Waals surface area contributed by atoms with Gasteiger partial charge in [0.15, 0.2) is 0 Å². The summed E-state index contributed by atoms with van der Waals surface area (Å²) in [5, 5.41) is 0. The molecule has 0 fully saturated rings. The molecule has 2 aromatic carbocycles. The van der Waals surface area contributed by atoms with E-state index in [0.29, 0.717) is 0 Å². The fourth-order valence-electron chi connectivity index (χ4n) is 2.65. The van der Waals surface area contributed by atoms with Gasteiger partial charge in [-0.25, -0.2) is 4.98 Å². The molecule has 2 nitrogen and oxygen atoms in total. The van der Waals surface area contributed by atoms with Crippen LogP contribution in [0.4, 0.5) is 0 Å². The summed E-state index contributed by atoms with van der Waals surface area (Å²) < 4.78 is 3.29. The lowest BCUT2D eigenvalue weighted by atomic mass is 9.87. The van der Waals surface area contributed by atoms with Gasteiger partial charge in [0.2, 0.25) is 0 Å². The van der Waals surface area contributed by atoms with Crippen molar-refractivity contribution in [3.8, 4) is 11.4 Å². The molecule has 0 aliphatic carbocycles. The van der Waals surface area contributed by atoms with E-state index in [4.69, 9.17) is 0 Å². The van der Waals surface area contributed by atoms with Crippen molar-refractivity contribution in [1.29, 1.82) is 0 Å². The van der Waals surface area contributed by atoms with Gasteiger partial charge in [-0.3, -0.25) is 0 Å². The van der Waals surface area contributed by atoms with Crippen LogP contribution >= 0.6 is 15.9 Å². The monoisotopic (exact) mass is 368 g/mol. The molecule has 1 heterocycles. The second kappa shape index (κ2) is 6.32. The Bertz CT molecular complexity index is 795. The van der Waals surface area contributed by atoms with Crippen molar-refractivity contribution in [2.45, 2.75) is 32.7 Å². The average molecular weight is 369 g/mol. The molecule has 0 saturated carbocycles. The third-order valence-electron chi connectivity index (χ3n) is 3.97. The minimum atomic E-state index is 0.171. The van der Waals surface area contributed by atoms with Gasteiger partial charge in [-0.1, -0.05) is 73.1 Å². The maximum atomic E-state index is 4.55. The molecule has 118 valence electrons. The number of benzene rings is 2. The van der Waals surface area contributed by atoms with Crippen molar-refractivity contribution in [3.05, 3.63) is 76.5 Å². The van der Waals surface area contributed by atoms with E-state index >= 15 is 0 Å². The van der Waals surface area contributed by atoms with Gasteiger partial charge in [0.25, 0.3) is 0 Å². The summed E-state index contributed by atoms with van der Waals surface area (Å²) in [5.41, 5.74) is 3.92. The van der Waals surface area contributed by atoms with Crippen LogP contribution in [0.3, 0.4) is 0 Å². The van der Waals surface area contributed by atoms with E-state index in [1.54, 1.807) is 0 Å². The molecular formula is C20H21BrN2. The summed E-state index contributed by atoms with van der Waals surface area (Å²) in [5.74, 6) is 1.01. The molecule has 0 bridgehead atoms. The fraction of sp³-hybridized carbons (Fsp3) is 0.250. The molecule has 3 aromatic rings. The molecular weight excluding hydrogens is 348 g/mol. The quantitative estimate of drug-likeness (QED) is 0.583. The zero-order valence-corrected chi connectivity index (χ0v) is 15.3. The second-order valence-corrected chi connectivity index (χ2v) is 7.75. The lowest BCUT2D eigenvalue weighted by Gasteiger charge is -2.19. The van der Waals surface area contributed by atoms with Crippen molar-refractivity contribution in [3.63, 3.8) is 0 Å². The van der Waals surface area contributed by atoms with Crippen LogP contribution in [0.15, 0.2) is 65.4 Å². The minimum absolute atomic E-state index is 0.171. The first kappa shape index (κ1) is 16.0. The molecule has 0 N–H and O–H groups in total. The molecule has 0 aliphatic heterocycles. The molecule has 0 spiro atoms. The van der Waals surface area contributed by atoms with E-state index in [1.165, 1.54) is 11.1 Å². The van der Waals surface area contributed by atoms with Crippen molar-refractivity contribution in [1.82, 2.24) is 9.55 Å². The van der Waals surface area contributed by atoms with Crippen molar-refractivity contribution in [2.75, 3.05) is 0 Å². The summed E-state index contributed by atoms with van der Waals surface area (Å²) in [4.78, 5) is 4.55. The normalized spacial score (nSPS) is 11.7. The number of hydrogen-bond acceptors (Lipinski definition) is 1. The molecule has 23 heavy (non-hydrogen) atoms. The number of hydrogen-bond donors (Lipinski definition) is 0. The molecule has 0 unspecified atom stereocenters. The Kier molecular flexibility index (Phi) is 4.40. The summed E-state index contributed by atoms with van der Waals surface area (Å²) >= 11 is 3.53. The highest BCUT2D eigenvalue weighted by atomic mass is 79.9. The number of imidazole rings is 1. The Morgan fingerprint density at radius 2 is 1.78 bits per heavy atom. The van der Waals surface area contributed by atoms with Gasteiger partial charge in [-0.2, -0.15) is 0 Å². The van der Waals surface area contributed by atoms with Gasteiger partial charge in [-0.05, 0) is 28.7 Å². The summed E-state index contributed by atoms with van der Waals surface area (Å²) in [7, 11) is 0. The number of halogens is 1. The minimum Gasteiger partial charge on any atom is -0.327 e. The van der Waals surface area contributed by atoms with E-state index in [9.17, 15) is 0 Å². The smallest absolute Gasteiger partial charge is 0.140 e. The first-order chi connectivity index (χ1) is 10.9. The van der Waals surface area contributed by atoms with Crippen LogP contribution in [-0.4, -0.2) is 9.55 Å². The van der Waals surface area contributed by atoms with Crippen LogP contribution in [0.25, 0.3) is 11.4 Å². The molecule has 0 saturated heterocycles. The predicted octanol–water partition coefficient (Wildman–Crippen LogP) is 5.66. The van der Waals surface area contributed by atoms with Crippen molar-refractivity contribution >= 4 is 15.9 Å². The zero-order valence-electron chi connectivity index (χ0n) is 13.8. The molecule has 3 heteroatoms. The molecule has 3 rings (SSSR count). The van der Waals surface area contributed by atoms with Gasteiger partial charge in [0, 0.05) is 29.0 Å². The van der Waals surface area contributed by atoms with E-state index in [-0.39, 0.29) is 5.41 Å². The van der Waals surface area contributed by atoms with Crippen LogP contribution in [-0.2, 0) is 12.0 Å². The highest BCUT2D eigenvalue weighted by molar-refractivity contribution is 9.10. The number of nitrogens with zero attached hydrogens (tertiary/aromatic N) is 2. The van der Waals surface area contributed by atoms with Crippen LogP contribution < -0.4 is 0 Å². The topological polar surface area (TPSA) is 17.8 Å². The SMILES string of the molecule is CC(C)(C)c1ccc(-c2nccn2Cc2cccc(Br)c2)cc1. The lowest BCUT2D eigenvalue weighted by molar-refractivity contribution is 0.590. The van der Waals surface area contributed by atoms with Crippen molar-refractivity contribution < 1.29 is 0 Å². The van der Waals surface area contributed by atoms with Gasteiger partial charge in [0.05, 0.1) is 0 Å². The summed E-state index contributed by atoms with van der Waals surface area (Å²) in [6, 6.07) is 17.1. The van der Waals surface area contributed by atoms with Crippen LogP contribution in [0.1, 0.15) is 31.9 Å². The third-order valence-corrected chi connectivity index (χ3v) is 4.46. The zero-order chi connectivity index (χ0) is 16.4. The average Bonchev–Trinajstić information content (AvgIpc) is 2.94. The molecule has 1 aromatic heterocycles. The first-order valence-electron chi connectivity index (χ1n) is 7.80. The Balaban J connectivity index is 1.89. The Hall–Kier alpha value is -1.87. The fourth-order valence-corrected chi connectivity index (χ4v) is 3.10. The van der Waals surface area contributed by atoms with Gasteiger partial charge in [-0.15, -0.1) is 0 Å². The van der Waals surface area contributed by atoms with Crippen LogP contribution in [0.2, 0.25) is 0 Å². The van der Waals surface area contributed by atoms with Gasteiger partial charge < -0.3 is 4.57 Å².